The minimum atomic E-state index is -0.129. The smallest absolute Gasteiger partial charge is 0.252 e. The molecular weight excluding hydrogens is 214 g/mol. The monoisotopic (exact) mass is 229 g/mol. The molecule has 1 aromatic rings. The van der Waals surface area contributed by atoms with E-state index in [1.807, 2.05) is 24.3 Å². The molecule has 4 nitrogen and oxygen atoms in total. The predicted molar refractivity (Wildman–Crippen MR) is 68.2 cm³/mol. The third-order valence-electron chi connectivity index (χ3n) is 2.84. The molecule has 1 aliphatic carbocycles. The van der Waals surface area contributed by atoms with Crippen molar-refractivity contribution in [3.05, 3.63) is 41.0 Å². The Morgan fingerprint density at radius 1 is 1.35 bits per heavy atom. The third kappa shape index (κ3) is 2.72. The van der Waals surface area contributed by atoms with Gasteiger partial charge in [0.15, 0.2) is 0 Å². The molecule has 4 heteroatoms. The zero-order valence-corrected chi connectivity index (χ0v) is 9.52. The van der Waals surface area contributed by atoms with Crippen LogP contribution in [-0.4, -0.2) is 12.2 Å². The van der Waals surface area contributed by atoms with Crippen LogP contribution in [0.2, 0.25) is 0 Å². The van der Waals surface area contributed by atoms with Gasteiger partial charge in [0.05, 0.1) is 0 Å². The number of hydrogen-bond donors (Lipinski definition) is 2. The molecule has 0 aliphatic heterocycles. The number of hydrogen-bond acceptors (Lipinski definition) is 3. The predicted octanol–water partition coefficient (Wildman–Crippen LogP) is 1.42. The third-order valence-corrected chi connectivity index (χ3v) is 2.84. The number of benzene rings is 1. The first kappa shape index (κ1) is 11.4. The van der Waals surface area contributed by atoms with Crippen LogP contribution in [0.3, 0.4) is 0 Å². The first-order valence-electron chi connectivity index (χ1n) is 5.62. The summed E-state index contributed by atoms with van der Waals surface area (Å²) >= 11 is 0. The summed E-state index contributed by atoms with van der Waals surface area (Å²) < 4.78 is 0. The van der Waals surface area contributed by atoms with Gasteiger partial charge in [-0.15, -0.1) is 0 Å². The number of aryl methyl sites for hydroxylation is 1. The van der Waals surface area contributed by atoms with Crippen LogP contribution >= 0.6 is 0 Å². The molecule has 0 saturated heterocycles. The lowest BCUT2D eigenvalue weighted by molar-refractivity contribution is -0.116. The van der Waals surface area contributed by atoms with Crippen molar-refractivity contribution in [3.8, 4) is 0 Å². The fourth-order valence-corrected chi connectivity index (χ4v) is 2.00. The van der Waals surface area contributed by atoms with E-state index < -0.39 is 0 Å². The molecule has 0 atom stereocenters. The number of carbonyl (C=O) groups excluding carboxylic acids is 1. The summed E-state index contributed by atoms with van der Waals surface area (Å²) in [5.74, 6) is 4.82. The molecule has 0 heterocycles. The summed E-state index contributed by atoms with van der Waals surface area (Å²) in [6, 6.07) is 8.15. The van der Waals surface area contributed by atoms with E-state index in [4.69, 9.17) is 5.84 Å². The van der Waals surface area contributed by atoms with E-state index in [2.05, 4.69) is 16.5 Å². The lowest BCUT2D eigenvalue weighted by atomic mass is 10.1. The molecule has 0 unspecified atom stereocenters. The first-order chi connectivity index (χ1) is 8.31. The van der Waals surface area contributed by atoms with Gasteiger partial charge in [0.25, 0.3) is 5.91 Å². The van der Waals surface area contributed by atoms with Crippen LogP contribution in [0.1, 0.15) is 24.0 Å². The van der Waals surface area contributed by atoms with E-state index in [9.17, 15) is 4.79 Å². The molecule has 0 fully saturated rings. The van der Waals surface area contributed by atoms with Crippen molar-refractivity contribution in [1.29, 1.82) is 0 Å². The van der Waals surface area contributed by atoms with Gasteiger partial charge in [-0.25, -0.2) is 0 Å². The molecule has 0 aromatic heterocycles. The van der Waals surface area contributed by atoms with E-state index in [1.165, 1.54) is 11.9 Å². The van der Waals surface area contributed by atoms with Gasteiger partial charge in [-0.05, 0) is 36.5 Å². The van der Waals surface area contributed by atoms with Crippen molar-refractivity contribution in [1.82, 2.24) is 5.32 Å². The van der Waals surface area contributed by atoms with Crippen molar-refractivity contribution >= 4 is 18.3 Å². The Kier molecular flexibility index (Phi) is 3.55. The summed E-state index contributed by atoms with van der Waals surface area (Å²) in [6.07, 6.45) is 5.92. The van der Waals surface area contributed by atoms with Crippen LogP contribution in [0.5, 0.6) is 0 Å². The normalized spacial score (nSPS) is 14.9. The quantitative estimate of drug-likeness (QED) is 0.348. The summed E-state index contributed by atoms with van der Waals surface area (Å²) in [5.41, 5.74) is 3.19. The van der Waals surface area contributed by atoms with E-state index in [-0.39, 0.29) is 5.91 Å². The number of nitrogens with two attached hydrogens (primary N) is 1. The molecule has 0 spiro atoms. The maximum absolute atomic E-state index is 11.8. The lowest BCUT2D eigenvalue weighted by Crippen LogP contribution is -2.23. The molecule has 2 rings (SSSR count). The van der Waals surface area contributed by atoms with Crippen molar-refractivity contribution in [2.45, 2.75) is 19.3 Å². The Morgan fingerprint density at radius 2 is 2.18 bits per heavy atom. The second kappa shape index (κ2) is 5.30. The van der Waals surface area contributed by atoms with Crippen LogP contribution in [0.15, 0.2) is 34.9 Å². The minimum absolute atomic E-state index is 0.129. The summed E-state index contributed by atoms with van der Waals surface area (Å²) in [6.45, 7) is 0. The highest BCUT2D eigenvalue weighted by Gasteiger charge is 2.13. The van der Waals surface area contributed by atoms with E-state index in [0.717, 1.165) is 30.4 Å². The molecule has 17 heavy (non-hydrogen) atoms. The Hall–Kier alpha value is -2.10. The maximum atomic E-state index is 11.8. The summed E-state index contributed by atoms with van der Waals surface area (Å²) in [5, 5.41) is 5.79. The van der Waals surface area contributed by atoms with E-state index in [1.54, 1.807) is 0 Å². The topological polar surface area (TPSA) is 67.5 Å². The SMILES string of the molecule is NN=CNC(=O)C1=Cc2ccccc2CCC1. The number of hydrazone groups is 1. The van der Waals surface area contributed by atoms with Crippen molar-refractivity contribution in [3.63, 3.8) is 0 Å². The van der Waals surface area contributed by atoms with Gasteiger partial charge in [-0.1, -0.05) is 24.3 Å². The number of nitrogens with one attached hydrogen (secondary N) is 1. The fraction of sp³-hybridized carbons (Fsp3) is 0.231. The lowest BCUT2D eigenvalue weighted by Gasteiger charge is -2.02. The van der Waals surface area contributed by atoms with Gasteiger partial charge in [-0.3, -0.25) is 4.79 Å². The zero-order chi connectivity index (χ0) is 12.1. The average molecular weight is 229 g/mol. The van der Waals surface area contributed by atoms with Crippen molar-refractivity contribution < 1.29 is 4.79 Å². The summed E-state index contributed by atoms with van der Waals surface area (Å²) in [4.78, 5) is 11.8. The number of fused-ring (bicyclic) bond motifs is 1. The molecule has 1 amide bonds. The summed E-state index contributed by atoms with van der Waals surface area (Å²) in [7, 11) is 0. The van der Waals surface area contributed by atoms with Crippen LogP contribution in [0, 0.1) is 0 Å². The first-order valence-corrected chi connectivity index (χ1v) is 5.62. The number of rotatable bonds is 2. The highest BCUT2D eigenvalue weighted by Crippen LogP contribution is 2.22. The maximum Gasteiger partial charge on any atom is 0.252 e. The highest BCUT2D eigenvalue weighted by atomic mass is 16.1. The Bertz CT molecular complexity index is 477. The molecule has 3 N–H and O–H groups in total. The van der Waals surface area contributed by atoms with Gasteiger partial charge < -0.3 is 11.2 Å². The molecule has 0 bridgehead atoms. The Balaban J connectivity index is 2.25. The highest BCUT2D eigenvalue weighted by molar-refractivity contribution is 6.03. The molecular formula is C13H15N3O. The van der Waals surface area contributed by atoms with Gasteiger partial charge in [0, 0.05) is 5.57 Å². The molecule has 0 saturated carbocycles. The van der Waals surface area contributed by atoms with E-state index in [0.29, 0.717) is 0 Å². The zero-order valence-electron chi connectivity index (χ0n) is 9.52. The average Bonchev–Trinajstić information content (AvgIpc) is 2.58. The number of amides is 1. The second-order valence-corrected chi connectivity index (χ2v) is 3.97. The molecule has 1 aromatic carbocycles. The van der Waals surface area contributed by atoms with Crippen LogP contribution < -0.4 is 11.2 Å². The van der Waals surface area contributed by atoms with E-state index >= 15 is 0 Å². The van der Waals surface area contributed by atoms with Crippen LogP contribution in [0.25, 0.3) is 6.08 Å². The fourth-order valence-electron chi connectivity index (χ4n) is 2.00. The standard InChI is InChI=1S/C13H15N3O/c14-16-9-15-13(17)12-7-3-6-10-4-1-2-5-11(10)8-12/h1-2,4-5,8-9H,3,6-7,14H2,(H,15,16,17). The molecule has 1 aliphatic rings. The molecule has 0 radical (unpaired) electrons. The van der Waals surface area contributed by atoms with Gasteiger partial charge in [0.1, 0.15) is 6.34 Å². The largest absolute Gasteiger partial charge is 0.322 e. The van der Waals surface area contributed by atoms with Gasteiger partial charge >= 0.3 is 0 Å². The van der Waals surface area contributed by atoms with Gasteiger partial charge in [-0.2, -0.15) is 5.10 Å². The Morgan fingerprint density at radius 3 is 3.00 bits per heavy atom. The van der Waals surface area contributed by atoms with Crippen molar-refractivity contribution in [2.75, 3.05) is 0 Å². The van der Waals surface area contributed by atoms with Crippen LogP contribution in [-0.2, 0) is 11.2 Å². The van der Waals surface area contributed by atoms with Gasteiger partial charge in [0.2, 0.25) is 0 Å². The van der Waals surface area contributed by atoms with Crippen molar-refractivity contribution in [2.24, 2.45) is 10.9 Å². The second-order valence-electron chi connectivity index (χ2n) is 3.97. The minimum Gasteiger partial charge on any atom is -0.322 e. The van der Waals surface area contributed by atoms with Crippen LogP contribution in [0.4, 0.5) is 0 Å². The number of nitrogens with zero attached hydrogens (tertiary/aromatic N) is 1. The Labute approximate surface area is 100 Å². The number of carbonyl (C=O) groups is 1. The molecule has 88 valence electrons.